The average molecular weight is 283 g/mol. The molecule has 0 unspecified atom stereocenters. The van der Waals surface area contributed by atoms with E-state index in [2.05, 4.69) is 10.1 Å². The molecule has 1 heterocycles. The van der Waals surface area contributed by atoms with Gasteiger partial charge < -0.3 is 14.5 Å². The third kappa shape index (κ3) is 4.99. The van der Waals surface area contributed by atoms with Gasteiger partial charge in [-0.05, 0) is 20.3 Å². The van der Waals surface area contributed by atoms with Crippen LogP contribution in [0.15, 0.2) is 4.52 Å². The molecule has 0 fully saturated rings. The van der Waals surface area contributed by atoms with Gasteiger partial charge in [0.2, 0.25) is 11.8 Å². The predicted octanol–water partition coefficient (Wildman–Crippen LogP) is 1.28. The van der Waals surface area contributed by atoms with E-state index in [9.17, 15) is 9.59 Å². The molecule has 1 N–H and O–H groups in total. The molecule has 0 spiro atoms. The zero-order chi connectivity index (χ0) is 15.1. The lowest BCUT2D eigenvalue weighted by atomic mass is 10.2. The SMILES string of the molecule is CCCc1noc(CCC(=O)N(CC(=O)O)C(C)C)n1. The molecule has 0 saturated heterocycles. The Morgan fingerprint density at radius 1 is 1.35 bits per heavy atom. The number of carboxylic acid groups (broad SMARTS) is 1. The third-order valence-corrected chi connectivity index (χ3v) is 2.79. The molecule has 0 atom stereocenters. The lowest BCUT2D eigenvalue weighted by Gasteiger charge is -2.24. The average Bonchev–Trinajstić information content (AvgIpc) is 2.81. The molecular formula is C13H21N3O4. The number of carboxylic acids is 1. The Kier molecular flexibility index (Phi) is 6.14. The lowest BCUT2D eigenvalue weighted by molar-refractivity contribution is -0.145. The quantitative estimate of drug-likeness (QED) is 0.772. The van der Waals surface area contributed by atoms with Gasteiger partial charge in [-0.1, -0.05) is 12.1 Å². The van der Waals surface area contributed by atoms with Crippen LogP contribution in [0.5, 0.6) is 0 Å². The van der Waals surface area contributed by atoms with Gasteiger partial charge in [-0.3, -0.25) is 9.59 Å². The fraction of sp³-hybridized carbons (Fsp3) is 0.692. The standard InChI is InChI=1S/C13H21N3O4/c1-4-5-10-14-11(20-15-10)6-7-12(17)16(9(2)3)8-13(18)19/h9H,4-8H2,1-3H3,(H,18,19). The smallest absolute Gasteiger partial charge is 0.323 e. The second-order valence-corrected chi connectivity index (χ2v) is 4.86. The first-order chi connectivity index (χ1) is 9.43. The molecule has 112 valence electrons. The molecular weight excluding hydrogens is 262 g/mol. The van der Waals surface area contributed by atoms with E-state index in [0.717, 1.165) is 12.8 Å². The van der Waals surface area contributed by atoms with Gasteiger partial charge in [0.05, 0.1) is 0 Å². The summed E-state index contributed by atoms with van der Waals surface area (Å²) in [5.74, 6) is -0.185. The summed E-state index contributed by atoms with van der Waals surface area (Å²) in [6.07, 6.45) is 2.17. The number of aromatic nitrogens is 2. The Hall–Kier alpha value is -1.92. The zero-order valence-electron chi connectivity index (χ0n) is 12.1. The Morgan fingerprint density at radius 2 is 2.05 bits per heavy atom. The first-order valence-corrected chi connectivity index (χ1v) is 6.76. The maximum Gasteiger partial charge on any atom is 0.323 e. The van der Waals surface area contributed by atoms with Gasteiger partial charge in [0.1, 0.15) is 6.54 Å². The van der Waals surface area contributed by atoms with E-state index in [4.69, 9.17) is 9.63 Å². The number of aliphatic carboxylic acids is 1. The number of amides is 1. The molecule has 0 aliphatic heterocycles. The number of hydrogen-bond acceptors (Lipinski definition) is 5. The second kappa shape index (κ2) is 7.62. The van der Waals surface area contributed by atoms with Gasteiger partial charge >= 0.3 is 5.97 Å². The first-order valence-electron chi connectivity index (χ1n) is 6.76. The first kappa shape index (κ1) is 16.1. The van der Waals surface area contributed by atoms with Crippen molar-refractivity contribution < 1.29 is 19.2 Å². The molecule has 1 rings (SSSR count). The molecule has 1 aromatic rings. The van der Waals surface area contributed by atoms with Crippen LogP contribution in [-0.4, -0.2) is 44.6 Å². The van der Waals surface area contributed by atoms with Crippen LogP contribution in [0.25, 0.3) is 0 Å². The molecule has 7 nitrogen and oxygen atoms in total. The molecule has 7 heteroatoms. The number of nitrogens with zero attached hydrogens (tertiary/aromatic N) is 3. The van der Waals surface area contributed by atoms with Crippen LogP contribution >= 0.6 is 0 Å². The van der Waals surface area contributed by atoms with E-state index >= 15 is 0 Å². The molecule has 0 bridgehead atoms. The van der Waals surface area contributed by atoms with Crippen molar-refractivity contribution in [2.75, 3.05) is 6.54 Å². The normalized spacial score (nSPS) is 10.8. The summed E-state index contributed by atoms with van der Waals surface area (Å²) in [6.45, 7) is 5.30. The van der Waals surface area contributed by atoms with Crippen molar-refractivity contribution in [2.45, 2.75) is 52.5 Å². The van der Waals surface area contributed by atoms with Crippen molar-refractivity contribution in [1.29, 1.82) is 0 Å². The van der Waals surface area contributed by atoms with E-state index in [0.29, 0.717) is 18.1 Å². The van der Waals surface area contributed by atoms with Gasteiger partial charge in [0.25, 0.3) is 0 Å². The zero-order valence-corrected chi connectivity index (χ0v) is 12.1. The summed E-state index contributed by atoms with van der Waals surface area (Å²) in [5.41, 5.74) is 0. The second-order valence-electron chi connectivity index (χ2n) is 4.86. The monoisotopic (exact) mass is 283 g/mol. The van der Waals surface area contributed by atoms with Crippen LogP contribution in [0.1, 0.15) is 45.3 Å². The molecule has 0 radical (unpaired) electrons. The largest absolute Gasteiger partial charge is 0.480 e. The Balaban J connectivity index is 2.53. The summed E-state index contributed by atoms with van der Waals surface area (Å²) < 4.78 is 5.04. The van der Waals surface area contributed by atoms with Crippen LogP contribution in [0.4, 0.5) is 0 Å². The van der Waals surface area contributed by atoms with Crippen LogP contribution in [0, 0.1) is 0 Å². The summed E-state index contributed by atoms with van der Waals surface area (Å²) in [7, 11) is 0. The lowest BCUT2D eigenvalue weighted by Crippen LogP contribution is -2.40. The predicted molar refractivity (Wildman–Crippen MR) is 71.1 cm³/mol. The van der Waals surface area contributed by atoms with Crippen molar-refractivity contribution in [3.63, 3.8) is 0 Å². The van der Waals surface area contributed by atoms with Crippen LogP contribution in [0.3, 0.4) is 0 Å². The molecule has 0 aliphatic rings. The highest BCUT2D eigenvalue weighted by atomic mass is 16.5. The molecule has 0 saturated carbocycles. The minimum atomic E-state index is -1.02. The number of carbonyl (C=O) groups is 2. The van der Waals surface area contributed by atoms with Crippen LogP contribution in [-0.2, 0) is 22.4 Å². The topological polar surface area (TPSA) is 96.5 Å². The number of carbonyl (C=O) groups excluding carboxylic acids is 1. The van der Waals surface area contributed by atoms with E-state index in [-0.39, 0.29) is 24.9 Å². The van der Waals surface area contributed by atoms with Crippen LogP contribution < -0.4 is 0 Å². The summed E-state index contributed by atoms with van der Waals surface area (Å²) in [4.78, 5) is 28.2. The third-order valence-electron chi connectivity index (χ3n) is 2.79. The van der Waals surface area contributed by atoms with Crippen molar-refractivity contribution in [1.82, 2.24) is 15.0 Å². The molecule has 20 heavy (non-hydrogen) atoms. The Labute approximate surface area is 118 Å². The minimum absolute atomic E-state index is 0.156. The van der Waals surface area contributed by atoms with E-state index in [1.54, 1.807) is 13.8 Å². The van der Waals surface area contributed by atoms with Gasteiger partial charge in [0, 0.05) is 25.3 Å². The number of rotatable bonds is 8. The van der Waals surface area contributed by atoms with Gasteiger partial charge in [-0.2, -0.15) is 4.98 Å². The van der Waals surface area contributed by atoms with E-state index < -0.39 is 5.97 Å². The van der Waals surface area contributed by atoms with Crippen molar-refractivity contribution in [3.05, 3.63) is 11.7 Å². The molecule has 1 aromatic heterocycles. The summed E-state index contributed by atoms with van der Waals surface area (Å²) in [5, 5.41) is 12.6. The fourth-order valence-electron chi connectivity index (χ4n) is 1.78. The van der Waals surface area contributed by atoms with E-state index in [1.807, 2.05) is 6.92 Å². The highest BCUT2D eigenvalue weighted by Crippen LogP contribution is 2.07. The Morgan fingerprint density at radius 3 is 2.60 bits per heavy atom. The van der Waals surface area contributed by atoms with Gasteiger partial charge in [-0.25, -0.2) is 0 Å². The summed E-state index contributed by atoms with van der Waals surface area (Å²) in [6, 6.07) is -0.156. The van der Waals surface area contributed by atoms with E-state index in [1.165, 1.54) is 4.90 Å². The number of aryl methyl sites for hydroxylation is 2. The highest BCUT2D eigenvalue weighted by Gasteiger charge is 2.20. The van der Waals surface area contributed by atoms with Crippen molar-refractivity contribution in [3.8, 4) is 0 Å². The molecule has 0 aliphatic carbocycles. The fourth-order valence-corrected chi connectivity index (χ4v) is 1.78. The van der Waals surface area contributed by atoms with Crippen molar-refractivity contribution in [2.24, 2.45) is 0 Å². The minimum Gasteiger partial charge on any atom is -0.480 e. The van der Waals surface area contributed by atoms with Crippen molar-refractivity contribution >= 4 is 11.9 Å². The Bertz CT molecular complexity index is 456. The molecule has 1 amide bonds. The van der Waals surface area contributed by atoms with Gasteiger partial charge in [0.15, 0.2) is 5.82 Å². The maximum atomic E-state index is 12.0. The summed E-state index contributed by atoms with van der Waals surface area (Å²) >= 11 is 0. The number of hydrogen-bond donors (Lipinski definition) is 1. The van der Waals surface area contributed by atoms with Gasteiger partial charge in [-0.15, -0.1) is 0 Å². The van der Waals surface area contributed by atoms with Crippen LogP contribution in [0.2, 0.25) is 0 Å². The molecule has 0 aromatic carbocycles. The highest BCUT2D eigenvalue weighted by molar-refractivity contribution is 5.81. The maximum absolute atomic E-state index is 12.0.